The third kappa shape index (κ3) is 6.47. The van der Waals surface area contributed by atoms with E-state index in [0.29, 0.717) is 5.70 Å². The molecule has 184 valence electrons. The number of phosphoric ester groups is 1. The van der Waals surface area contributed by atoms with Gasteiger partial charge in [-0.05, 0) is 18.6 Å². The molecule has 0 radical (unpaired) electrons. The van der Waals surface area contributed by atoms with E-state index >= 15 is 0 Å². The second-order valence-corrected chi connectivity index (χ2v) is 11.6. The van der Waals surface area contributed by atoms with Gasteiger partial charge in [-0.2, -0.15) is 8.62 Å². The lowest BCUT2D eigenvalue weighted by Gasteiger charge is -2.34. The van der Waals surface area contributed by atoms with E-state index in [9.17, 15) is 33.7 Å². The molecule has 3 rings (SSSR count). The Kier molecular flexibility index (Phi) is 7.55. The molecule has 1 fully saturated rings. The second-order valence-electron chi connectivity index (χ2n) is 7.19. The van der Waals surface area contributed by atoms with Crippen molar-refractivity contribution >= 4 is 35.2 Å². The first-order valence-electron chi connectivity index (χ1n) is 9.15. The van der Waals surface area contributed by atoms with Gasteiger partial charge >= 0.3 is 23.5 Å². The molecule has 2 aliphatic heterocycles. The number of aliphatic hydroxyl groups is 2. The molecule has 1 aromatic carbocycles. The highest BCUT2D eigenvalue weighted by molar-refractivity contribution is 7.66. The number of phosphoric acid groups is 3. The molecule has 14 nitrogen and oxygen atoms in total. The normalized spacial score (nSPS) is 28.9. The minimum absolute atomic E-state index is 0.456. The van der Waals surface area contributed by atoms with Crippen molar-refractivity contribution in [1.29, 1.82) is 0 Å². The summed E-state index contributed by atoms with van der Waals surface area (Å²) in [5.41, 5.74) is 3.12. The van der Waals surface area contributed by atoms with Gasteiger partial charge in [-0.3, -0.25) is 4.52 Å². The topological polar surface area (TPSA) is 213 Å². The standard InChI is InChI=1S/C16H22NO13P3/c1-9-3-4-12-10(2)17(6-5-11(12)7-9)16-15(19)14(18)13(28-16)8-27-32(23,24)30-33(25,26)29-31(20,21)22/h3-7,13-16,18-19H,2,8H2,1H3,(H,23,24)(H,25,26)(H2,20,21,22)/t13-,14+,15?,16-/m1/s1. The first kappa shape index (κ1) is 26.4. The highest BCUT2D eigenvalue weighted by Gasteiger charge is 2.48. The molecule has 0 bridgehead atoms. The van der Waals surface area contributed by atoms with Gasteiger partial charge < -0.3 is 39.4 Å². The van der Waals surface area contributed by atoms with Crippen LogP contribution in [0.25, 0.3) is 11.8 Å². The molecule has 2 heterocycles. The Morgan fingerprint density at radius 2 is 1.73 bits per heavy atom. The first-order chi connectivity index (χ1) is 15.1. The Morgan fingerprint density at radius 1 is 1.06 bits per heavy atom. The average molecular weight is 529 g/mol. The Labute approximate surface area is 187 Å². The molecule has 6 N–H and O–H groups in total. The number of aryl methyl sites for hydroxylation is 1. The van der Waals surface area contributed by atoms with Crippen molar-refractivity contribution in [2.24, 2.45) is 0 Å². The molecule has 6 atom stereocenters. The fourth-order valence-corrected chi connectivity index (χ4v) is 6.31. The highest BCUT2D eigenvalue weighted by Crippen LogP contribution is 2.66. The number of hydrogen-bond donors (Lipinski definition) is 6. The summed E-state index contributed by atoms with van der Waals surface area (Å²) in [5, 5.41) is 20.7. The van der Waals surface area contributed by atoms with E-state index in [0.717, 1.165) is 16.7 Å². The molecular formula is C16H22NO13P3. The maximum atomic E-state index is 11.9. The number of nitrogens with zero attached hydrogens (tertiary/aromatic N) is 1. The van der Waals surface area contributed by atoms with Crippen LogP contribution in [0.1, 0.15) is 16.7 Å². The summed E-state index contributed by atoms with van der Waals surface area (Å²) >= 11 is 0. The number of fused-ring (bicyclic) bond motifs is 1. The minimum Gasteiger partial charge on any atom is -0.387 e. The van der Waals surface area contributed by atoms with Crippen LogP contribution in [0.5, 0.6) is 0 Å². The van der Waals surface area contributed by atoms with Crippen molar-refractivity contribution in [3.8, 4) is 0 Å². The molecule has 1 aromatic rings. The Hall–Kier alpha value is -1.21. The maximum absolute atomic E-state index is 11.9. The quantitative estimate of drug-likeness (QED) is 0.260. The lowest BCUT2D eigenvalue weighted by atomic mass is 9.98. The fourth-order valence-electron chi connectivity index (χ4n) is 3.28. The van der Waals surface area contributed by atoms with Crippen LogP contribution in [-0.2, 0) is 31.6 Å². The van der Waals surface area contributed by atoms with E-state index < -0.39 is 54.6 Å². The van der Waals surface area contributed by atoms with Crippen LogP contribution in [-0.4, -0.2) is 65.8 Å². The number of aliphatic hydroxyl groups excluding tert-OH is 2. The van der Waals surface area contributed by atoms with Crippen LogP contribution in [0.3, 0.4) is 0 Å². The zero-order chi connectivity index (χ0) is 24.8. The van der Waals surface area contributed by atoms with Gasteiger partial charge in [-0.1, -0.05) is 30.3 Å². The molecule has 0 aliphatic carbocycles. The summed E-state index contributed by atoms with van der Waals surface area (Å²) in [6, 6.07) is 5.63. The van der Waals surface area contributed by atoms with Crippen LogP contribution in [0.4, 0.5) is 0 Å². The van der Waals surface area contributed by atoms with Crippen LogP contribution in [0, 0.1) is 6.92 Å². The molecule has 17 heteroatoms. The van der Waals surface area contributed by atoms with E-state index in [1.54, 1.807) is 12.3 Å². The van der Waals surface area contributed by atoms with Crippen molar-refractivity contribution in [2.75, 3.05) is 6.61 Å². The van der Waals surface area contributed by atoms with Gasteiger partial charge in [0.2, 0.25) is 0 Å². The summed E-state index contributed by atoms with van der Waals surface area (Å²) in [6.07, 6.45) is -2.34. The Balaban J connectivity index is 1.66. The second kappa shape index (κ2) is 9.44. The van der Waals surface area contributed by atoms with E-state index in [1.165, 1.54) is 4.90 Å². The number of rotatable bonds is 8. The third-order valence-corrected chi connectivity index (χ3v) is 8.48. The molecule has 1 saturated heterocycles. The van der Waals surface area contributed by atoms with E-state index in [2.05, 4.69) is 19.7 Å². The first-order valence-corrected chi connectivity index (χ1v) is 13.7. The van der Waals surface area contributed by atoms with Crippen LogP contribution in [0.15, 0.2) is 31.0 Å². The Bertz CT molecular complexity index is 1100. The number of hydrogen-bond acceptors (Lipinski definition) is 10. The fraction of sp³-hybridized carbons (Fsp3) is 0.375. The smallest absolute Gasteiger partial charge is 0.387 e. The predicted octanol–water partition coefficient (Wildman–Crippen LogP) is 1.04. The van der Waals surface area contributed by atoms with Gasteiger partial charge in [0.1, 0.15) is 18.3 Å². The average Bonchev–Trinajstić information content (AvgIpc) is 2.92. The van der Waals surface area contributed by atoms with Crippen molar-refractivity contribution in [3.63, 3.8) is 0 Å². The third-order valence-electron chi connectivity index (χ3n) is 4.67. The van der Waals surface area contributed by atoms with Crippen LogP contribution >= 0.6 is 23.5 Å². The van der Waals surface area contributed by atoms with Crippen molar-refractivity contribution in [3.05, 3.63) is 47.7 Å². The monoisotopic (exact) mass is 529 g/mol. The predicted molar refractivity (Wildman–Crippen MR) is 112 cm³/mol. The summed E-state index contributed by atoms with van der Waals surface area (Å²) in [6.45, 7) is 5.00. The molecule has 0 spiro atoms. The zero-order valence-electron chi connectivity index (χ0n) is 16.9. The van der Waals surface area contributed by atoms with Gasteiger partial charge in [0, 0.05) is 17.5 Å². The number of ether oxygens (including phenoxy) is 1. The minimum atomic E-state index is -5.68. The molecule has 33 heavy (non-hydrogen) atoms. The van der Waals surface area contributed by atoms with Gasteiger partial charge in [0.25, 0.3) is 0 Å². The lowest BCUT2D eigenvalue weighted by molar-refractivity contribution is -0.0606. The lowest BCUT2D eigenvalue weighted by Crippen LogP contribution is -2.41. The van der Waals surface area contributed by atoms with Gasteiger partial charge in [0.15, 0.2) is 6.23 Å². The zero-order valence-corrected chi connectivity index (χ0v) is 19.6. The van der Waals surface area contributed by atoms with Crippen molar-refractivity contribution in [2.45, 2.75) is 31.5 Å². The SMILES string of the molecule is C=C1c2ccc(C)cc2C=CN1[C@@H]1O[C@H](COP(=O)(O)OP(=O)(O)OP(=O)(O)O)[C@H](O)C1O. The Morgan fingerprint density at radius 3 is 2.36 bits per heavy atom. The largest absolute Gasteiger partial charge is 0.490 e. The molecular weight excluding hydrogens is 507 g/mol. The van der Waals surface area contributed by atoms with E-state index in [4.69, 9.17) is 14.5 Å². The summed E-state index contributed by atoms with van der Waals surface area (Å²) in [5.74, 6) is 0. The van der Waals surface area contributed by atoms with Gasteiger partial charge in [-0.15, -0.1) is 0 Å². The molecule has 3 unspecified atom stereocenters. The van der Waals surface area contributed by atoms with Gasteiger partial charge in [-0.25, -0.2) is 13.7 Å². The van der Waals surface area contributed by atoms with E-state index in [-0.39, 0.29) is 0 Å². The highest BCUT2D eigenvalue weighted by atomic mass is 31.3. The van der Waals surface area contributed by atoms with Crippen LogP contribution in [0.2, 0.25) is 0 Å². The summed E-state index contributed by atoms with van der Waals surface area (Å²) < 4.78 is 51.2. The summed E-state index contributed by atoms with van der Waals surface area (Å²) in [4.78, 5) is 37.2. The molecule has 0 aromatic heterocycles. The molecule has 2 aliphatic rings. The summed E-state index contributed by atoms with van der Waals surface area (Å²) in [7, 11) is -16.6. The number of benzene rings is 1. The van der Waals surface area contributed by atoms with Gasteiger partial charge in [0.05, 0.1) is 6.61 Å². The van der Waals surface area contributed by atoms with E-state index in [1.807, 2.05) is 25.1 Å². The van der Waals surface area contributed by atoms with Crippen molar-refractivity contribution < 1.29 is 61.4 Å². The maximum Gasteiger partial charge on any atom is 0.490 e. The van der Waals surface area contributed by atoms with Crippen molar-refractivity contribution in [1.82, 2.24) is 4.90 Å². The molecule has 0 saturated carbocycles. The molecule has 0 amide bonds. The van der Waals surface area contributed by atoms with Crippen LogP contribution < -0.4 is 0 Å².